The molecule has 1 aromatic heterocycles. The van der Waals surface area contributed by atoms with Crippen LogP contribution in [0, 0.1) is 0 Å². The molecule has 5 nitrogen and oxygen atoms in total. The van der Waals surface area contributed by atoms with Crippen molar-refractivity contribution < 1.29 is 9.59 Å². The van der Waals surface area contributed by atoms with Gasteiger partial charge in [0.1, 0.15) is 5.69 Å². The molecule has 3 rings (SSSR count). The molecule has 1 aliphatic rings. The highest BCUT2D eigenvalue weighted by molar-refractivity contribution is 5.95. The zero-order valence-corrected chi connectivity index (χ0v) is 12.6. The molecule has 1 aliphatic heterocycles. The molecule has 1 aromatic carbocycles. The molecule has 22 heavy (non-hydrogen) atoms. The molecule has 0 radical (unpaired) electrons. The first-order chi connectivity index (χ1) is 10.7. The summed E-state index contributed by atoms with van der Waals surface area (Å²) in [7, 11) is 1.86. The third-order valence-corrected chi connectivity index (χ3v) is 4.04. The largest absolute Gasteiger partial charge is 0.347 e. The van der Waals surface area contributed by atoms with Gasteiger partial charge >= 0.3 is 0 Å². The minimum absolute atomic E-state index is 0.0271. The molecule has 5 heteroatoms. The van der Waals surface area contributed by atoms with Gasteiger partial charge in [-0.25, -0.2) is 0 Å². The van der Waals surface area contributed by atoms with E-state index in [1.54, 1.807) is 0 Å². The molecule has 1 saturated heterocycles. The second-order valence-electron chi connectivity index (χ2n) is 5.45. The number of piperazine rings is 1. The van der Waals surface area contributed by atoms with E-state index in [0.717, 1.165) is 0 Å². The summed E-state index contributed by atoms with van der Waals surface area (Å²) in [5, 5.41) is 0. The molecule has 0 aliphatic carbocycles. The normalized spacial score (nSPS) is 15.0. The predicted molar refractivity (Wildman–Crippen MR) is 83.7 cm³/mol. The summed E-state index contributed by atoms with van der Waals surface area (Å²) in [6, 6.07) is 13.0. The summed E-state index contributed by atoms with van der Waals surface area (Å²) >= 11 is 0. The summed E-state index contributed by atoms with van der Waals surface area (Å²) in [6.45, 7) is 2.29. The number of aromatic nitrogens is 1. The number of carbonyl (C=O) groups excluding carboxylic acids is 2. The zero-order chi connectivity index (χ0) is 15.5. The Bertz CT molecular complexity index is 670. The number of aryl methyl sites for hydroxylation is 1. The first-order valence-electron chi connectivity index (χ1n) is 7.42. The first kappa shape index (κ1) is 14.4. The molecule has 0 bridgehead atoms. The third-order valence-electron chi connectivity index (χ3n) is 4.04. The maximum atomic E-state index is 12.4. The fraction of sp³-hybridized carbons (Fsp3) is 0.294. The first-order valence-corrected chi connectivity index (χ1v) is 7.42. The van der Waals surface area contributed by atoms with Gasteiger partial charge in [-0.2, -0.15) is 0 Å². The average molecular weight is 297 g/mol. The summed E-state index contributed by atoms with van der Waals surface area (Å²) in [5.41, 5.74) is 1.38. The molecule has 0 unspecified atom stereocenters. The summed E-state index contributed by atoms with van der Waals surface area (Å²) in [4.78, 5) is 28.4. The Balaban J connectivity index is 1.62. The van der Waals surface area contributed by atoms with Crippen LogP contribution in [-0.2, 0) is 7.05 Å². The molecule has 2 aromatic rings. The highest BCUT2D eigenvalue weighted by atomic mass is 16.2. The van der Waals surface area contributed by atoms with Crippen molar-refractivity contribution in [3.8, 4) is 0 Å². The molecule has 0 saturated carbocycles. The van der Waals surface area contributed by atoms with E-state index in [4.69, 9.17) is 0 Å². The maximum absolute atomic E-state index is 12.4. The molecule has 2 amide bonds. The van der Waals surface area contributed by atoms with Crippen molar-refractivity contribution in [2.75, 3.05) is 26.2 Å². The standard InChI is InChI=1S/C17H19N3O2/c1-18-9-5-8-15(18)17(22)20-12-10-19(11-13-20)16(21)14-6-3-2-4-7-14/h2-9H,10-13H2,1H3. The Morgan fingerprint density at radius 1 is 0.818 bits per heavy atom. The number of benzene rings is 1. The molecule has 0 N–H and O–H groups in total. The summed E-state index contributed by atoms with van der Waals surface area (Å²) in [5.74, 6) is 0.0610. The van der Waals surface area contributed by atoms with E-state index in [0.29, 0.717) is 37.4 Å². The smallest absolute Gasteiger partial charge is 0.270 e. The van der Waals surface area contributed by atoms with Gasteiger partial charge in [-0.15, -0.1) is 0 Å². The van der Waals surface area contributed by atoms with Crippen molar-refractivity contribution in [2.24, 2.45) is 7.05 Å². The molecule has 1 fully saturated rings. The van der Waals surface area contributed by atoms with Crippen LogP contribution < -0.4 is 0 Å². The van der Waals surface area contributed by atoms with Crippen molar-refractivity contribution in [2.45, 2.75) is 0 Å². The van der Waals surface area contributed by atoms with Crippen molar-refractivity contribution in [3.63, 3.8) is 0 Å². The SMILES string of the molecule is Cn1cccc1C(=O)N1CCN(C(=O)c2ccccc2)CC1. The Kier molecular flexibility index (Phi) is 3.96. The van der Waals surface area contributed by atoms with E-state index in [1.165, 1.54) is 0 Å². The van der Waals surface area contributed by atoms with Crippen LogP contribution in [0.3, 0.4) is 0 Å². The van der Waals surface area contributed by atoms with Crippen LogP contribution in [0.15, 0.2) is 48.7 Å². The number of nitrogens with zero attached hydrogens (tertiary/aromatic N) is 3. The molecule has 0 atom stereocenters. The fourth-order valence-corrected chi connectivity index (χ4v) is 2.72. The fourth-order valence-electron chi connectivity index (χ4n) is 2.72. The Hall–Kier alpha value is -2.56. The topological polar surface area (TPSA) is 45.6 Å². The van der Waals surface area contributed by atoms with E-state index < -0.39 is 0 Å². The quantitative estimate of drug-likeness (QED) is 0.845. The lowest BCUT2D eigenvalue weighted by molar-refractivity contribution is 0.0530. The van der Waals surface area contributed by atoms with Crippen LogP contribution in [0.25, 0.3) is 0 Å². The number of hydrogen-bond donors (Lipinski definition) is 0. The van der Waals surface area contributed by atoms with Crippen LogP contribution in [0.5, 0.6) is 0 Å². The van der Waals surface area contributed by atoms with Crippen LogP contribution >= 0.6 is 0 Å². The second-order valence-corrected chi connectivity index (χ2v) is 5.45. The Morgan fingerprint density at radius 3 is 1.95 bits per heavy atom. The van der Waals surface area contributed by atoms with Crippen LogP contribution in [0.2, 0.25) is 0 Å². The monoisotopic (exact) mass is 297 g/mol. The van der Waals surface area contributed by atoms with Crippen molar-refractivity contribution in [1.29, 1.82) is 0 Å². The number of hydrogen-bond acceptors (Lipinski definition) is 2. The van der Waals surface area contributed by atoms with Crippen LogP contribution in [0.4, 0.5) is 0 Å². The van der Waals surface area contributed by atoms with Gasteiger partial charge in [0.15, 0.2) is 0 Å². The molecule has 114 valence electrons. The van der Waals surface area contributed by atoms with Gasteiger partial charge in [0.25, 0.3) is 11.8 Å². The van der Waals surface area contributed by atoms with Crippen molar-refractivity contribution >= 4 is 11.8 Å². The number of rotatable bonds is 2. The van der Waals surface area contributed by atoms with Gasteiger partial charge < -0.3 is 14.4 Å². The van der Waals surface area contributed by atoms with Crippen LogP contribution in [-0.4, -0.2) is 52.4 Å². The Labute approximate surface area is 129 Å². The lowest BCUT2D eigenvalue weighted by atomic mass is 10.2. The second kappa shape index (κ2) is 6.05. The third kappa shape index (κ3) is 2.74. The predicted octanol–water partition coefficient (Wildman–Crippen LogP) is 1.62. The lowest BCUT2D eigenvalue weighted by Crippen LogP contribution is -2.50. The van der Waals surface area contributed by atoms with Gasteiger partial charge in [-0.05, 0) is 24.3 Å². The van der Waals surface area contributed by atoms with E-state index in [2.05, 4.69) is 0 Å². The van der Waals surface area contributed by atoms with Gasteiger partial charge in [0, 0.05) is 45.0 Å². The maximum Gasteiger partial charge on any atom is 0.270 e. The van der Waals surface area contributed by atoms with Gasteiger partial charge in [-0.3, -0.25) is 9.59 Å². The molecular weight excluding hydrogens is 278 g/mol. The number of carbonyl (C=O) groups is 2. The number of amides is 2. The van der Waals surface area contributed by atoms with Crippen LogP contribution in [0.1, 0.15) is 20.8 Å². The highest BCUT2D eigenvalue weighted by Gasteiger charge is 2.26. The van der Waals surface area contributed by atoms with E-state index >= 15 is 0 Å². The minimum atomic E-state index is 0.0271. The molecular formula is C17H19N3O2. The minimum Gasteiger partial charge on any atom is -0.347 e. The zero-order valence-electron chi connectivity index (χ0n) is 12.6. The average Bonchev–Trinajstić information content (AvgIpc) is 3.00. The van der Waals surface area contributed by atoms with Crippen molar-refractivity contribution in [3.05, 3.63) is 59.9 Å². The van der Waals surface area contributed by atoms with Gasteiger partial charge in [-0.1, -0.05) is 18.2 Å². The van der Waals surface area contributed by atoms with E-state index in [1.807, 2.05) is 70.1 Å². The molecule has 0 spiro atoms. The molecule has 2 heterocycles. The lowest BCUT2D eigenvalue weighted by Gasteiger charge is -2.34. The van der Waals surface area contributed by atoms with Gasteiger partial charge in [0.05, 0.1) is 0 Å². The highest BCUT2D eigenvalue weighted by Crippen LogP contribution is 2.12. The van der Waals surface area contributed by atoms with Crippen molar-refractivity contribution in [1.82, 2.24) is 14.4 Å². The summed E-state index contributed by atoms with van der Waals surface area (Å²) in [6.07, 6.45) is 1.86. The van der Waals surface area contributed by atoms with E-state index in [-0.39, 0.29) is 11.8 Å². The summed E-state index contributed by atoms with van der Waals surface area (Å²) < 4.78 is 1.82. The van der Waals surface area contributed by atoms with E-state index in [9.17, 15) is 9.59 Å². The Morgan fingerprint density at radius 2 is 1.41 bits per heavy atom. The van der Waals surface area contributed by atoms with Gasteiger partial charge in [0.2, 0.25) is 0 Å².